The van der Waals surface area contributed by atoms with Crippen molar-refractivity contribution < 1.29 is 9.53 Å². The highest BCUT2D eigenvalue weighted by Crippen LogP contribution is 2.23. The summed E-state index contributed by atoms with van der Waals surface area (Å²) >= 11 is 0. The summed E-state index contributed by atoms with van der Waals surface area (Å²) in [5, 5.41) is 0. The molecule has 0 radical (unpaired) electrons. The average Bonchev–Trinajstić information content (AvgIpc) is 2.61. The van der Waals surface area contributed by atoms with Crippen LogP contribution in [0.15, 0.2) is 41.6 Å². The van der Waals surface area contributed by atoms with Crippen molar-refractivity contribution in [2.45, 2.75) is 19.1 Å². The molecule has 8 nitrogen and oxygen atoms in total. The molecule has 3 heterocycles. The van der Waals surface area contributed by atoms with Crippen LogP contribution in [0.2, 0.25) is 0 Å². The summed E-state index contributed by atoms with van der Waals surface area (Å²) < 4.78 is 7.20. The maximum atomic E-state index is 12.4. The molecule has 1 amide bonds. The number of morpholine rings is 1. The summed E-state index contributed by atoms with van der Waals surface area (Å²) in [6.45, 7) is 1.66. The van der Waals surface area contributed by atoms with Gasteiger partial charge >= 0.3 is 0 Å². The van der Waals surface area contributed by atoms with E-state index in [1.807, 2.05) is 0 Å². The maximum absolute atomic E-state index is 12.4. The second-order valence-corrected chi connectivity index (χ2v) is 5.51. The number of nitrogens with zero attached hydrogens (tertiary/aromatic N) is 4. The van der Waals surface area contributed by atoms with Gasteiger partial charge in [0.25, 0.3) is 5.56 Å². The minimum absolute atomic E-state index is 0.0264. The van der Waals surface area contributed by atoms with E-state index < -0.39 is 0 Å². The van der Waals surface area contributed by atoms with Crippen molar-refractivity contribution in [3.05, 3.63) is 52.8 Å². The lowest BCUT2D eigenvalue weighted by Crippen LogP contribution is -2.43. The van der Waals surface area contributed by atoms with E-state index in [0.29, 0.717) is 37.8 Å². The van der Waals surface area contributed by atoms with Gasteiger partial charge in [-0.3, -0.25) is 14.6 Å². The highest BCUT2D eigenvalue weighted by Gasteiger charge is 2.27. The number of amides is 1. The summed E-state index contributed by atoms with van der Waals surface area (Å²) in [7, 11) is 0. The minimum atomic E-state index is -0.379. The van der Waals surface area contributed by atoms with Crippen LogP contribution in [0.25, 0.3) is 0 Å². The Morgan fingerprint density at radius 2 is 2.17 bits per heavy atom. The van der Waals surface area contributed by atoms with Crippen molar-refractivity contribution in [1.82, 2.24) is 19.4 Å². The van der Waals surface area contributed by atoms with Gasteiger partial charge in [0.15, 0.2) is 0 Å². The summed E-state index contributed by atoms with van der Waals surface area (Å²) in [6, 6.07) is 4.93. The fourth-order valence-corrected chi connectivity index (χ4v) is 2.67. The van der Waals surface area contributed by atoms with Crippen molar-refractivity contribution in [2.24, 2.45) is 0 Å². The van der Waals surface area contributed by atoms with Gasteiger partial charge in [-0.1, -0.05) is 6.07 Å². The number of nitrogens with two attached hydrogens (primary N) is 1. The Morgan fingerprint density at radius 1 is 1.33 bits per heavy atom. The number of hydrogen-bond donors (Lipinski definition) is 1. The normalized spacial score (nSPS) is 17.7. The van der Waals surface area contributed by atoms with Gasteiger partial charge in [0.1, 0.15) is 17.6 Å². The van der Waals surface area contributed by atoms with E-state index in [2.05, 4.69) is 9.97 Å². The monoisotopic (exact) mass is 329 g/mol. The van der Waals surface area contributed by atoms with E-state index in [0.717, 1.165) is 0 Å². The number of carbonyl (C=O) groups is 1. The molecule has 1 saturated heterocycles. The molecule has 0 bridgehead atoms. The first-order chi connectivity index (χ1) is 11.6. The van der Waals surface area contributed by atoms with Gasteiger partial charge in [0.05, 0.1) is 13.2 Å². The molecule has 126 valence electrons. The maximum Gasteiger partial charge on any atom is 0.250 e. The van der Waals surface area contributed by atoms with Crippen molar-refractivity contribution in [1.29, 1.82) is 0 Å². The van der Waals surface area contributed by atoms with E-state index in [4.69, 9.17) is 10.5 Å². The van der Waals surface area contributed by atoms with Gasteiger partial charge in [0, 0.05) is 44.2 Å². The lowest BCUT2D eigenvalue weighted by Gasteiger charge is -2.33. The van der Waals surface area contributed by atoms with Crippen LogP contribution in [0.5, 0.6) is 0 Å². The third-order valence-corrected chi connectivity index (χ3v) is 3.95. The minimum Gasteiger partial charge on any atom is -0.382 e. The van der Waals surface area contributed by atoms with Crippen LogP contribution in [0, 0.1) is 0 Å². The van der Waals surface area contributed by atoms with Crippen LogP contribution in [-0.2, 0) is 16.1 Å². The Bertz CT molecular complexity index is 776. The standard InChI is InChI=1S/C16H19N5O3/c17-16-15(18-5-6-19-16)12-11-21(9-10-24-12)14(23)4-8-20-7-2-1-3-13(20)22/h1-3,5-7,12H,4,8-11H2,(H2,17,19)/t12-/m0/s1. The number of hydrogen-bond acceptors (Lipinski definition) is 6. The molecule has 2 aromatic rings. The first kappa shape index (κ1) is 16.1. The molecule has 0 aromatic carbocycles. The first-order valence-electron chi connectivity index (χ1n) is 7.76. The van der Waals surface area contributed by atoms with Gasteiger partial charge < -0.3 is 19.9 Å². The Hall–Kier alpha value is -2.74. The first-order valence-corrected chi connectivity index (χ1v) is 7.76. The van der Waals surface area contributed by atoms with Crippen molar-refractivity contribution in [3.8, 4) is 0 Å². The topological polar surface area (TPSA) is 103 Å². The molecule has 0 spiro atoms. The molecular weight excluding hydrogens is 310 g/mol. The van der Waals surface area contributed by atoms with Crippen LogP contribution in [-0.4, -0.2) is 45.0 Å². The molecule has 2 N–H and O–H groups in total. The van der Waals surface area contributed by atoms with Crippen LogP contribution < -0.4 is 11.3 Å². The zero-order chi connectivity index (χ0) is 16.9. The van der Waals surface area contributed by atoms with Crippen molar-refractivity contribution in [3.63, 3.8) is 0 Å². The molecule has 0 aliphatic carbocycles. The molecule has 1 atom stereocenters. The SMILES string of the molecule is Nc1nccnc1[C@@H]1CN(C(=O)CCn2ccccc2=O)CCO1. The summed E-state index contributed by atoms with van der Waals surface area (Å²) in [5.74, 6) is 0.286. The highest BCUT2D eigenvalue weighted by atomic mass is 16.5. The van der Waals surface area contributed by atoms with Gasteiger partial charge in [0.2, 0.25) is 5.91 Å². The largest absolute Gasteiger partial charge is 0.382 e. The van der Waals surface area contributed by atoms with Gasteiger partial charge in [-0.2, -0.15) is 0 Å². The molecule has 1 aliphatic rings. The molecule has 0 saturated carbocycles. The molecule has 8 heteroatoms. The zero-order valence-electron chi connectivity index (χ0n) is 13.2. The smallest absolute Gasteiger partial charge is 0.250 e. The second kappa shape index (κ2) is 7.22. The number of rotatable bonds is 4. The van der Waals surface area contributed by atoms with Crippen LogP contribution >= 0.6 is 0 Å². The van der Waals surface area contributed by atoms with Crippen LogP contribution in [0.1, 0.15) is 18.2 Å². The Labute approximate surface area is 138 Å². The van der Waals surface area contributed by atoms with Crippen LogP contribution in [0.3, 0.4) is 0 Å². The third kappa shape index (κ3) is 3.60. The fraction of sp³-hybridized carbons (Fsp3) is 0.375. The number of pyridine rings is 1. The van der Waals surface area contributed by atoms with E-state index in [1.165, 1.54) is 16.8 Å². The van der Waals surface area contributed by atoms with E-state index in [-0.39, 0.29) is 24.0 Å². The highest BCUT2D eigenvalue weighted by molar-refractivity contribution is 5.76. The Morgan fingerprint density at radius 3 is 2.96 bits per heavy atom. The lowest BCUT2D eigenvalue weighted by atomic mass is 10.2. The molecule has 1 fully saturated rings. The molecule has 1 aliphatic heterocycles. The van der Waals surface area contributed by atoms with E-state index in [1.54, 1.807) is 29.4 Å². The van der Waals surface area contributed by atoms with Gasteiger partial charge in [-0.05, 0) is 6.07 Å². The molecule has 0 unspecified atom stereocenters. The van der Waals surface area contributed by atoms with Gasteiger partial charge in [-0.25, -0.2) is 4.98 Å². The molecular formula is C16H19N5O3. The number of ether oxygens (including phenoxy) is 1. The third-order valence-electron chi connectivity index (χ3n) is 3.95. The van der Waals surface area contributed by atoms with Gasteiger partial charge in [-0.15, -0.1) is 0 Å². The fourth-order valence-electron chi connectivity index (χ4n) is 2.67. The van der Waals surface area contributed by atoms with Crippen LogP contribution in [0.4, 0.5) is 5.82 Å². The molecule has 2 aromatic heterocycles. The predicted octanol–water partition coefficient (Wildman–Crippen LogP) is 0.211. The summed E-state index contributed by atoms with van der Waals surface area (Å²) in [5.41, 5.74) is 6.27. The zero-order valence-corrected chi connectivity index (χ0v) is 13.2. The predicted molar refractivity (Wildman–Crippen MR) is 87.0 cm³/mol. The second-order valence-electron chi connectivity index (χ2n) is 5.51. The summed E-state index contributed by atoms with van der Waals surface area (Å²) in [6.07, 6.45) is 4.63. The van der Waals surface area contributed by atoms with E-state index in [9.17, 15) is 9.59 Å². The Balaban J connectivity index is 1.62. The number of aryl methyl sites for hydroxylation is 1. The lowest BCUT2D eigenvalue weighted by molar-refractivity contribution is -0.139. The molecule has 3 rings (SSSR count). The quantitative estimate of drug-likeness (QED) is 0.860. The van der Waals surface area contributed by atoms with Crippen molar-refractivity contribution >= 4 is 11.7 Å². The van der Waals surface area contributed by atoms with Crippen molar-refractivity contribution in [2.75, 3.05) is 25.4 Å². The molecule has 24 heavy (non-hydrogen) atoms. The number of carbonyl (C=O) groups excluding carboxylic acids is 1. The number of aromatic nitrogens is 3. The average molecular weight is 329 g/mol. The number of nitrogen functional groups attached to an aromatic ring is 1. The van der Waals surface area contributed by atoms with E-state index >= 15 is 0 Å². The Kier molecular flexibility index (Phi) is 4.85. The summed E-state index contributed by atoms with van der Waals surface area (Å²) in [4.78, 5) is 34.0. The number of anilines is 1.